The fraction of sp³-hybridized carbons (Fsp3) is 0.667. The molecule has 0 saturated carbocycles. The number of nitrogens with zero attached hydrogens (tertiary/aromatic N) is 1. The van der Waals surface area contributed by atoms with Gasteiger partial charge in [-0.15, -0.1) is 0 Å². The van der Waals surface area contributed by atoms with Crippen LogP contribution in [0.15, 0.2) is 10.9 Å². The number of hydrogen-bond acceptors (Lipinski definition) is 2. The van der Waals surface area contributed by atoms with Crippen LogP contribution < -0.4 is 4.98 Å². The van der Waals surface area contributed by atoms with E-state index < -0.39 is 0 Å². The molecule has 0 aromatic carbocycles. The van der Waals surface area contributed by atoms with Crippen molar-refractivity contribution >= 4 is 0 Å². The molecule has 9 heavy (non-hydrogen) atoms. The van der Waals surface area contributed by atoms with E-state index in [9.17, 15) is 0 Å². The molecule has 1 N–H and O–H groups in total. The molecule has 1 aromatic heterocycles. The van der Waals surface area contributed by atoms with Crippen molar-refractivity contribution in [2.75, 3.05) is 0 Å². The second kappa shape index (κ2) is 1.83. The average Bonchev–Trinajstić information content (AvgIpc) is 2.08. The minimum Gasteiger partial charge on any atom is -0.222 e. The maximum Gasteiger partial charge on any atom is 0.351 e. The molecule has 3 nitrogen and oxygen atoms in total. The summed E-state index contributed by atoms with van der Waals surface area (Å²) in [6, 6.07) is 0. The van der Waals surface area contributed by atoms with Crippen molar-refractivity contribution in [1.29, 1.82) is 0 Å². The van der Waals surface area contributed by atoms with Crippen molar-refractivity contribution in [2.24, 2.45) is 0 Å². The molecule has 0 spiro atoms. The molecule has 0 unspecified atom stereocenters. The van der Waals surface area contributed by atoms with Crippen molar-refractivity contribution in [3.8, 4) is 0 Å². The molecule has 0 atom stereocenters. The van der Waals surface area contributed by atoms with Crippen LogP contribution in [0, 0.1) is 0 Å². The number of rotatable bonds is 0. The predicted molar refractivity (Wildman–Crippen MR) is 31.8 cm³/mol. The van der Waals surface area contributed by atoms with Crippen LogP contribution in [-0.2, 0) is 5.41 Å². The molecule has 50 valence electrons. The SMILES string of the molecule is CC(C)(C)c1noc[nH+]1. The average molecular weight is 127 g/mol. The van der Waals surface area contributed by atoms with E-state index in [1.54, 1.807) is 0 Å². The summed E-state index contributed by atoms with van der Waals surface area (Å²) in [5.41, 5.74) is 0.0625. The Morgan fingerprint density at radius 2 is 2.22 bits per heavy atom. The Morgan fingerprint density at radius 1 is 1.56 bits per heavy atom. The molecule has 0 aliphatic carbocycles. The normalized spacial score (nSPS) is 11.9. The van der Waals surface area contributed by atoms with E-state index >= 15 is 0 Å². The quantitative estimate of drug-likeness (QED) is 0.516. The van der Waals surface area contributed by atoms with E-state index in [0.717, 1.165) is 5.82 Å². The Balaban J connectivity index is 2.90. The van der Waals surface area contributed by atoms with Gasteiger partial charge in [0.05, 0.1) is 5.41 Å². The zero-order valence-electron chi connectivity index (χ0n) is 5.93. The van der Waals surface area contributed by atoms with Crippen molar-refractivity contribution in [1.82, 2.24) is 5.16 Å². The lowest BCUT2D eigenvalue weighted by atomic mass is 9.96. The van der Waals surface area contributed by atoms with Gasteiger partial charge in [0, 0.05) is 0 Å². The first-order valence-corrected chi connectivity index (χ1v) is 2.93. The summed E-state index contributed by atoms with van der Waals surface area (Å²) in [5.74, 6) is 0.877. The summed E-state index contributed by atoms with van der Waals surface area (Å²) in [7, 11) is 0. The zero-order valence-corrected chi connectivity index (χ0v) is 5.93. The Kier molecular flexibility index (Phi) is 1.27. The molecular formula is C6H11N2O+. The Hall–Kier alpha value is -0.860. The van der Waals surface area contributed by atoms with E-state index in [-0.39, 0.29) is 5.41 Å². The number of nitrogens with one attached hydrogen (secondary N) is 1. The van der Waals surface area contributed by atoms with Crippen molar-refractivity contribution < 1.29 is 9.51 Å². The molecule has 0 aliphatic heterocycles. The van der Waals surface area contributed by atoms with Gasteiger partial charge in [-0.1, -0.05) is 0 Å². The summed E-state index contributed by atoms with van der Waals surface area (Å²) >= 11 is 0. The van der Waals surface area contributed by atoms with Gasteiger partial charge in [0.25, 0.3) is 0 Å². The molecule has 0 bridgehead atoms. The molecule has 0 saturated heterocycles. The first-order chi connectivity index (χ1) is 4.11. The fourth-order valence-corrected chi connectivity index (χ4v) is 0.541. The minimum absolute atomic E-state index is 0.0625. The maximum absolute atomic E-state index is 4.64. The lowest BCUT2D eigenvalue weighted by Crippen LogP contribution is -2.21. The summed E-state index contributed by atoms with van der Waals surface area (Å²) in [4.78, 5) is 2.90. The van der Waals surface area contributed by atoms with Gasteiger partial charge in [-0.3, -0.25) is 0 Å². The van der Waals surface area contributed by atoms with Crippen LogP contribution in [0.25, 0.3) is 0 Å². The van der Waals surface area contributed by atoms with Crippen LogP contribution in [0.3, 0.4) is 0 Å². The van der Waals surface area contributed by atoms with Gasteiger partial charge in [0.2, 0.25) is 0 Å². The summed E-state index contributed by atoms with van der Waals surface area (Å²) < 4.78 is 4.64. The number of aromatic amines is 1. The highest BCUT2D eigenvalue weighted by atomic mass is 16.5. The van der Waals surface area contributed by atoms with Gasteiger partial charge in [-0.25, -0.2) is 9.51 Å². The number of H-pyrrole nitrogens is 1. The fourth-order valence-electron chi connectivity index (χ4n) is 0.541. The molecule has 1 aromatic rings. The van der Waals surface area contributed by atoms with E-state index in [4.69, 9.17) is 0 Å². The molecular weight excluding hydrogens is 116 g/mol. The second-order valence-electron chi connectivity index (χ2n) is 3.06. The highest BCUT2D eigenvalue weighted by Crippen LogP contribution is 2.13. The lowest BCUT2D eigenvalue weighted by Gasteiger charge is -2.04. The first kappa shape index (κ1) is 6.26. The number of hydrogen-bond donors (Lipinski definition) is 0. The molecule has 0 fully saturated rings. The smallest absolute Gasteiger partial charge is 0.222 e. The van der Waals surface area contributed by atoms with Crippen molar-refractivity contribution in [2.45, 2.75) is 26.2 Å². The maximum atomic E-state index is 4.64. The van der Waals surface area contributed by atoms with Crippen LogP contribution >= 0.6 is 0 Å². The van der Waals surface area contributed by atoms with Crippen LogP contribution in [0.1, 0.15) is 26.6 Å². The van der Waals surface area contributed by atoms with Crippen LogP contribution in [0.5, 0.6) is 0 Å². The van der Waals surface area contributed by atoms with Gasteiger partial charge < -0.3 is 0 Å². The molecule has 0 radical (unpaired) electrons. The molecule has 1 rings (SSSR count). The third-order valence-electron chi connectivity index (χ3n) is 1.10. The Morgan fingerprint density at radius 3 is 2.44 bits per heavy atom. The first-order valence-electron chi connectivity index (χ1n) is 2.93. The van der Waals surface area contributed by atoms with Gasteiger partial charge >= 0.3 is 12.2 Å². The molecule has 0 aliphatic rings. The van der Waals surface area contributed by atoms with Gasteiger partial charge in [0.15, 0.2) is 5.16 Å². The molecule has 1 heterocycles. The van der Waals surface area contributed by atoms with Crippen LogP contribution in [0.2, 0.25) is 0 Å². The third-order valence-corrected chi connectivity index (χ3v) is 1.10. The van der Waals surface area contributed by atoms with Crippen LogP contribution in [-0.4, -0.2) is 5.16 Å². The lowest BCUT2D eigenvalue weighted by molar-refractivity contribution is -0.402. The van der Waals surface area contributed by atoms with E-state index in [2.05, 4.69) is 35.4 Å². The summed E-state index contributed by atoms with van der Waals surface area (Å²) in [5, 5.41) is 3.76. The van der Waals surface area contributed by atoms with E-state index in [0.29, 0.717) is 0 Å². The second-order valence-corrected chi connectivity index (χ2v) is 3.06. The number of aromatic nitrogens is 2. The Labute approximate surface area is 54.1 Å². The third kappa shape index (κ3) is 1.28. The minimum atomic E-state index is 0.0625. The standard InChI is InChI=1S/C6H10N2O/c1-6(2,3)5-7-4-9-8-5/h4H,1-3H3/p+1. The van der Waals surface area contributed by atoms with E-state index in [1.165, 1.54) is 6.39 Å². The predicted octanol–water partition coefficient (Wildman–Crippen LogP) is 0.786. The highest BCUT2D eigenvalue weighted by molar-refractivity contribution is 4.89. The summed E-state index contributed by atoms with van der Waals surface area (Å²) in [6.45, 7) is 6.21. The van der Waals surface area contributed by atoms with Gasteiger partial charge in [-0.05, 0) is 20.8 Å². The topological polar surface area (TPSA) is 40.2 Å². The van der Waals surface area contributed by atoms with Crippen molar-refractivity contribution in [3.05, 3.63) is 12.2 Å². The van der Waals surface area contributed by atoms with Crippen LogP contribution in [0.4, 0.5) is 0 Å². The van der Waals surface area contributed by atoms with Gasteiger partial charge in [-0.2, -0.15) is 0 Å². The molecule has 3 heteroatoms. The highest BCUT2D eigenvalue weighted by Gasteiger charge is 2.25. The monoisotopic (exact) mass is 127 g/mol. The van der Waals surface area contributed by atoms with E-state index in [1.807, 2.05) is 0 Å². The zero-order chi connectivity index (χ0) is 6.91. The van der Waals surface area contributed by atoms with Crippen molar-refractivity contribution in [3.63, 3.8) is 0 Å². The molecule has 0 amide bonds. The summed E-state index contributed by atoms with van der Waals surface area (Å²) in [6.07, 6.45) is 1.47. The largest absolute Gasteiger partial charge is 0.351 e. The van der Waals surface area contributed by atoms with Gasteiger partial charge in [0.1, 0.15) is 0 Å². The Bertz CT molecular complexity index is 173.